The first kappa shape index (κ1) is 18.0. The highest BCUT2D eigenvalue weighted by molar-refractivity contribution is 7.87. The van der Waals surface area contributed by atoms with E-state index in [1.807, 2.05) is 0 Å². The summed E-state index contributed by atoms with van der Waals surface area (Å²) in [5.74, 6) is 0.580. The molecule has 0 aromatic carbocycles. The van der Waals surface area contributed by atoms with E-state index < -0.39 is 16.3 Å². The Morgan fingerprint density at radius 1 is 1.43 bits per heavy atom. The first-order chi connectivity index (χ1) is 9.88. The molecule has 122 valence electrons. The van der Waals surface area contributed by atoms with Crippen molar-refractivity contribution < 1.29 is 8.42 Å². The van der Waals surface area contributed by atoms with Gasteiger partial charge < -0.3 is 9.88 Å². The van der Waals surface area contributed by atoms with Crippen LogP contribution in [0.4, 0.5) is 0 Å². The van der Waals surface area contributed by atoms with Crippen LogP contribution < -0.4 is 10.0 Å². The molecule has 1 unspecified atom stereocenters. The second-order valence-electron chi connectivity index (χ2n) is 5.07. The van der Waals surface area contributed by atoms with Crippen LogP contribution in [0.3, 0.4) is 0 Å². The zero-order chi connectivity index (χ0) is 15.9. The van der Waals surface area contributed by atoms with Crippen molar-refractivity contribution in [2.24, 2.45) is 7.05 Å². The molecule has 1 aromatic heterocycles. The average molecular weight is 318 g/mol. The molecule has 1 aromatic rings. The molecule has 0 spiro atoms. The van der Waals surface area contributed by atoms with Gasteiger partial charge in [0.15, 0.2) is 5.82 Å². The van der Waals surface area contributed by atoms with E-state index in [0.717, 1.165) is 25.9 Å². The summed E-state index contributed by atoms with van der Waals surface area (Å²) in [6, 6.07) is -0.428. The molecule has 9 heteroatoms. The molecule has 8 nitrogen and oxygen atoms in total. The van der Waals surface area contributed by atoms with Gasteiger partial charge in [-0.3, -0.25) is 0 Å². The number of hydrogen-bond donors (Lipinski definition) is 2. The average Bonchev–Trinajstić information content (AvgIpc) is 2.84. The summed E-state index contributed by atoms with van der Waals surface area (Å²) in [7, 11) is -0.165. The smallest absolute Gasteiger partial charge is 0.279 e. The minimum Gasteiger partial charge on any atom is -0.319 e. The Morgan fingerprint density at radius 3 is 2.71 bits per heavy atom. The molecule has 1 rings (SSSR count). The van der Waals surface area contributed by atoms with E-state index >= 15 is 0 Å². The van der Waals surface area contributed by atoms with Gasteiger partial charge in [0, 0.05) is 20.6 Å². The molecule has 0 saturated carbocycles. The maximum absolute atomic E-state index is 12.2. The van der Waals surface area contributed by atoms with Crippen LogP contribution in [0.2, 0.25) is 0 Å². The van der Waals surface area contributed by atoms with Crippen LogP contribution in [0.1, 0.15) is 38.6 Å². The van der Waals surface area contributed by atoms with Gasteiger partial charge in [-0.25, -0.2) is 0 Å². The zero-order valence-corrected chi connectivity index (χ0v) is 14.0. The highest BCUT2D eigenvalue weighted by Gasteiger charge is 2.22. The van der Waals surface area contributed by atoms with Crippen molar-refractivity contribution in [3.8, 4) is 0 Å². The second kappa shape index (κ2) is 8.42. The van der Waals surface area contributed by atoms with Crippen molar-refractivity contribution in [1.82, 2.24) is 29.1 Å². The highest BCUT2D eigenvalue weighted by Crippen LogP contribution is 2.10. The third-order valence-corrected chi connectivity index (χ3v) is 4.78. The van der Waals surface area contributed by atoms with Gasteiger partial charge in [-0.05, 0) is 32.9 Å². The normalized spacial score (nSPS) is 13.8. The van der Waals surface area contributed by atoms with Crippen molar-refractivity contribution in [1.29, 1.82) is 0 Å². The van der Waals surface area contributed by atoms with E-state index in [1.54, 1.807) is 31.9 Å². The monoisotopic (exact) mass is 318 g/mol. The maximum Gasteiger partial charge on any atom is 0.279 e. The molecule has 0 aliphatic heterocycles. The molecule has 0 saturated heterocycles. The van der Waals surface area contributed by atoms with Crippen LogP contribution in [0, 0.1) is 0 Å². The predicted octanol–water partition coefficient (Wildman–Crippen LogP) is 0.0320. The lowest BCUT2D eigenvalue weighted by atomic mass is 10.3. The third kappa shape index (κ3) is 5.70. The molecule has 2 N–H and O–H groups in total. The number of aryl methyl sites for hydroxylation is 1. The Bertz CT molecular complexity index is 516. The Morgan fingerprint density at radius 2 is 2.14 bits per heavy atom. The molecule has 0 amide bonds. The zero-order valence-electron chi connectivity index (χ0n) is 13.2. The molecule has 1 heterocycles. The van der Waals surface area contributed by atoms with Crippen molar-refractivity contribution in [3.05, 3.63) is 12.2 Å². The molecular formula is C12H26N6O2S. The lowest BCUT2D eigenvalue weighted by Crippen LogP contribution is -2.41. The summed E-state index contributed by atoms with van der Waals surface area (Å²) in [5.41, 5.74) is 0. The molecule has 1 atom stereocenters. The van der Waals surface area contributed by atoms with Crippen LogP contribution in [0.15, 0.2) is 6.33 Å². The van der Waals surface area contributed by atoms with E-state index in [-0.39, 0.29) is 0 Å². The first-order valence-electron chi connectivity index (χ1n) is 7.16. The first-order valence-corrected chi connectivity index (χ1v) is 8.60. The summed E-state index contributed by atoms with van der Waals surface area (Å²) in [4.78, 5) is 0. The third-order valence-electron chi connectivity index (χ3n) is 3.12. The van der Waals surface area contributed by atoms with Crippen molar-refractivity contribution >= 4 is 10.2 Å². The fourth-order valence-corrected chi connectivity index (χ4v) is 3.00. The van der Waals surface area contributed by atoms with Gasteiger partial charge in [0.1, 0.15) is 6.33 Å². The fraction of sp³-hybridized carbons (Fsp3) is 0.833. The molecular weight excluding hydrogens is 292 g/mol. The number of hydrogen-bond acceptors (Lipinski definition) is 5. The summed E-state index contributed by atoms with van der Waals surface area (Å²) < 4.78 is 30.0. The van der Waals surface area contributed by atoms with Gasteiger partial charge in [0.25, 0.3) is 10.2 Å². The second-order valence-corrected chi connectivity index (χ2v) is 6.88. The highest BCUT2D eigenvalue weighted by atomic mass is 32.2. The van der Waals surface area contributed by atoms with E-state index in [9.17, 15) is 8.42 Å². The van der Waals surface area contributed by atoms with Crippen molar-refractivity contribution in [2.75, 3.05) is 26.7 Å². The molecule has 0 radical (unpaired) electrons. The number of rotatable bonds is 10. The SMILES string of the molecule is CCCNCCCN(C)S(=O)(=O)NC(C)c1nncn1C. The van der Waals surface area contributed by atoms with E-state index in [1.165, 1.54) is 4.31 Å². The van der Waals surface area contributed by atoms with Gasteiger partial charge in [-0.1, -0.05) is 6.92 Å². The van der Waals surface area contributed by atoms with Gasteiger partial charge in [-0.15, -0.1) is 10.2 Å². The molecule has 0 aliphatic rings. The van der Waals surface area contributed by atoms with Crippen molar-refractivity contribution in [3.63, 3.8) is 0 Å². The summed E-state index contributed by atoms with van der Waals surface area (Å²) in [5, 5.41) is 10.9. The Labute approximate surface area is 127 Å². The number of nitrogens with one attached hydrogen (secondary N) is 2. The van der Waals surface area contributed by atoms with Crippen LogP contribution in [0.5, 0.6) is 0 Å². The predicted molar refractivity (Wildman–Crippen MR) is 81.9 cm³/mol. The summed E-state index contributed by atoms with van der Waals surface area (Å²) in [6.07, 6.45) is 3.39. The lowest BCUT2D eigenvalue weighted by molar-refractivity contribution is 0.435. The fourth-order valence-electron chi connectivity index (χ4n) is 1.90. The van der Waals surface area contributed by atoms with E-state index in [2.05, 4.69) is 27.2 Å². The van der Waals surface area contributed by atoms with Crippen LogP contribution in [0.25, 0.3) is 0 Å². The van der Waals surface area contributed by atoms with Gasteiger partial charge >= 0.3 is 0 Å². The summed E-state index contributed by atoms with van der Waals surface area (Å²) >= 11 is 0. The van der Waals surface area contributed by atoms with E-state index in [4.69, 9.17) is 0 Å². The topological polar surface area (TPSA) is 92.2 Å². The molecule has 0 fully saturated rings. The lowest BCUT2D eigenvalue weighted by Gasteiger charge is -2.20. The molecule has 21 heavy (non-hydrogen) atoms. The Kier molecular flexibility index (Phi) is 7.23. The molecule has 0 bridgehead atoms. The van der Waals surface area contributed by atoms with Crippen LogP contribution in [-0.2, 0) is 17.3 Å². The van der Waals surface area contributed by atoms with Gasteiger partial charge in [-0.2, -0.15) is 17.4 Å². The quantitative estimate of drug-likeness (QED) is 0.594. The van der Waals surface area contributed by atoms with Crippen LogP contribution in [-0.4, -0.2) is 54.2 Å². The number of nitrogens with zero attached hydrogens (tertiary/aromatic N) is 4. The van der Waals surface area contributed by atoms with Crippen LogP contribution >= 0.6 is 0 Å². The Balaban J connectivity index is 2.46. The van der Waals surface area contributed by atoms with Gasteiger partial charge in [0.05, 0.1) is 6.04 Å². The molecule has 0 aliphatic carbocycles. The van der Waals surface area contributed by atoms with E-state index in [0.29, 0.717) is 12.4 Å². The Hall–Kier alpha value is -1.03. The van der Waals surface area contributed by atoms with Gasteiger partial charge in [0.2, 0.25) is 0 Å². The number of aromatic nitrogens is 3. The maximum atomic E-state index is 12.2. The summed E-state index contributed by atoms with van der Waals surface area (Å²) in [6.45, 7) is 6.08. The minimum atomic E-state index is -3.52. The standard InChI is InChI=1S/C12H26N6O2S/c1-5-7-13-8-6-9-18(4)21(19,20)16-11(2)12-15-14-10-17(12)3/h10-11,13,16H,5-9H2,1-4H3. The largest absolute Gasteiger partial charge is 0.319 e. The minimum absolute atomic E-state index is 0.428. The van der Waals surface area contributed by atoms with Crippen molar-refractivity contribution in [2.45, 2.75) is 32.7 Å².